The Morgan fingerprint density at radius 3 is 0.727 bits per heavy atom. The molecule has 200 valence electrons. The monoisotopic (exact) mass is 504 g/mol. The lowest BCUT2D eigenvalue weighted by molar-refractivity contribution is -0.0728. The molecule has 33 heavy (non-hydrogen) atoms. The molecule has 0 radical (unpaired) electrons. The summed E-state index contributed by atoms with van der Waals surface area (Å²) < 4.78 is 65.6. The smallest absolute Gasteiger partial charge is 0.382 e. The van der Waals surface area contributed by atoms with Crippen molar-refractivity contribution in [2.24, 2.45) is 0 Å². The van der Waals surface area contributed by atoms with Crippen LogP contribution in [0, 0.1) is 0 Å². The highest BCUT2D eigenvalue weighted by Crippen LogP contribution is 2.13. The summed E-state index contributed by atoms with van der Waals surface area (Å²) >= 11 is 0. The van der Waals surface area contributed by atoms with E-state index in [1.165, 1.54) is 0 Å². The third-order valence-electron chi connectivity index (χ3n) is 3.75. The van der Waals surface area contributed by atoms with E-state index in [4.69, 9.17) is 55.6 Å². The molecule has 0 N–H and O–H groups in total. The van der Waals surface area contributed by atoms with Crippen LogP contribution in [-0.2, 0) is 55.6 Å². The van der Waals surface area contributed by atoms with Gasteiger partial charge in [0, 0.05) is 28.4 Å². The Bertz CT molecular complexity index is 311. The molecule has 0 saturated carbocycles. The van der Waals surface area contributed by atoms with E-state index in [2.05, 4.69) is 0 Å². The predicted molar refractivity (Wildman–Crippen MR) is 120 cm³/mol. The van der Waals surface area contributed by atoms with Crippen molar-refractivity contribution in [3.05, 3.63) is 0 Å². The fraction of sp³-hybridized carbons (Fsp3) is 1.00. The highest BCUT2D eigenvalue weighted by molar-refractivity contribution is 6.53. The maximum absolute atomic E-state index is 5.96. The van der Waals surface area contributed by atoms with Crippen molar-refractivity contribution >= 4 is 9.05 Å². The van der Waals surface area contributed by atoms with Crippen molar-refractivity contribution in [1.82, 2.24) is 0 Å². The Labute approximate surface area is 199 Å². The Balaban J connectivity index is 4.74. The first kappa shape index (κ1) is 32.7. The first-order valence-corrected chi connectivity index (χ1v) is 12.7. The minimum Gasteiger partial charge on any atom is -0.382 e. The summed E-state index contributed by atoms with van der Waals surface area (Å²) in [6.45, 7) is 6.15. The molecule has 0 unspecified atom stereocenters. The molecule has 0 aromatic rings. The van der Waals surface area contributed by atoms with Crippen LogP contribution < -0.4 is 0 Å². The van der Waals surface area contributed by atoms with Gasteiger partial charge >= 0.3 is 9.05 Å². The maximum atomic E-state index is 5.96. The zero-order chi connectivity index (χ0) is 24.3. The van der Waals surface area contributed by atoms with Crippen molar-refractivity contribution < 1.29 is 55.6 Å². The molecule has 0 amide bonds. The van der Waals surface area contributed by atoms with Crippen LogP contribution in [-0.4, -0.2) is 143 Å². The summed E-state index contributed by atoms with van der Waals surface area (Å²) in [5.41, 5.74) is 0. The van der Waals surface area contributed by atoms with E-state index in [9.17, 15) is 0 Å². The van der Waals surface area contributed by atoms with Gasteiger partial charge in [-0.3, -0.25) is 0 Å². The molecule has 0 fully saturated rings. The van der Waals surface area contributed by atoms with Crippen LogP contribution in [0.1, 0.15) is 0 Å². The molecule has 0 saturated heterocycles. The molecule has 0 aliphatic heterocycles. The summed E-state index contributed by atoms with van der Waals surface area (Å²) in [5, 5.41) is 0. The van der Waals surface area contributed by atoms with Gasteiger partial charge < -0.3 is 55.6 Å². The SMILES string of the molecule is COCCOCCO[Si](OCCOCCOC)(OCCOCCOC)OCCOCCOC. The third-order valence-corrected chi connectivity index (χ3v) is 5.98. The molecule has 0 bridgehead atoms. The highest BCUT2D eigenvalue weighted by atomic mass is 28.4. The van der Waals surface area contributed by atoms with Crippen LogP contribution in [0.4, 0.5) is 0 Å². The van der Waals surface area contributed by atoms with E-state index in [0.717, 1.165) is 0 Å². The second-order valence-electron chi connectivity index (χ2n) is 6.31. The fourth-order valence-corrected chi connectivity index (χ4v) is 3.96. The second kappa shape index (κ2) is 26.3. The van der Waals surface area contributed by atoms with Crippen LogP contribution in [0.5, 0.6) is 0 Å². The van der Waals surface area contributed by atoms with E-state index < -0.39 is 9.05 Å². The van der Waals surface area contributed by atoms with Crippen LogP contribution >= 0.6 is 0 Å². The van der Waals surface area contributed by atoms with E-state index in [1.54, 1.807) is 28.4 Å². The van der Waals surface area contributed by atoms with Crippen molar-refractivity contribution in [3.8, 4) is 0 Å². The van der Waals surface area contributed by atoms with Crippen LogP contribution in [0.2, 0.25) is 0 Å². The molecule has 0 aromatic carbocycles. The molecule has 13 heteroatoms. The standard InChI is InChI=1S/C20H44O12Si/c1-21-5-9-25-13-17-29-33(30-18-14-26-10-6-22-2,31-19-15-27-11-7-23-3)32-20-16-28-12-8-24-4/h5-20H2,1-4H3. The fourth-order valence-electron chi connectivity index (χ4n) is 2.13. The quantitative estimate of drug-likeness (QED) is 0.107. The van der Waals surface area contributed by atoms with Crippen LogP contribution in [0.15, 0.2) is 0 Å². The van der Waals surface area contributed by atoms with Gasteiger partial charge in [-0.2, -0.15) is 0 Å². The van der Waals surface area contributed by atoms with Gasteiger partial charge in [0.2, 0.25) is 0 Å². The molecular weight excluding hydrogens is 460 g/mol. The number of rotatable bonds is 28. The second-order valence-corrected chi connectivity index (χ2v) is 8.47. The van der Waals surface area contributed by atoms with Crippen molar-refractivity contribution in [2.75, 3.05) is 134 Å². The summed E-state index contributed by atoms with van der Waals surface area (Å²) in [7, 11) is 2.95. The first-order valence-electron chi connectivity index (χ1n) is 11.1. The zero-order valence-electron chi connectivity index (χ0n) is 20.7. The number of hydrogen-bond acceptors (Lipinski definition) is 12. The summed E-state index contributed by atoms with van der Waals surface area (Å²) in [5.74, 6) is 0. The minimum atomic E-state index is -3.51. The van der Waals surface area contributed by atoms with Crippen LogP contribution in [0.25, 0.3) is 0 Å². The maximum Gasteiger partial charge on any atom is 0.680 e. The molecule has 0 spiro atoms. The molecule has 0 aliphatic rings. The van der Waals surface area contributed by atoms with E-state index >= 15 is 0 Å². The van der Waals surface area contributed by atoms with Crippen molar-refractivity contribution in [2.45, 2.75) is 0 Å². The average molecular weight is 505 g/mol. The average Bonchev–Trinajstić information content (AvgIpc) is 2.83. The molecule has 0 aliphatic carbocycles. The van der Waals surface area contributed by atoms with Gasteiger partial charge in [-0.15, -0.1) is 0 Å². The third kappa shape index (κ3) is 22.0. The Hall–Kier alpha value is -0.263. The Morgan fingerprint density at radius 2 is 0.515 bits per heavy atom. The number of methoxy groups -OCH3 is 4. The molecule has 0 aromatic heterocycles. The van der Waals surface area contributed by atoms with Gasteiger partial charge in [-0.05, 0) is 0 Å². The van der Waals surface area contributed by atoms with E-state index in [1.807, 2.05) is 0 Å². The van der Waals surface area contributed by atoms with Gasteiger partial charge in [0.1, 0.15) is 0 Å². The lowest BCUT2D eigenvalue weighted by atomic mass is 10.7. The zero-order valence-corrected chi connectivity index (χ0v) is 21.7. The lowest BCUT2D eigenvalue weighted by Gasteiger charge is -2.28. The predicted octanol–water partition coefficient (Wildman–Crippen LogP) is 0.140. The summed E-state index contributed by atoms with van der Waals surface area (Å²) in [6.07, 6.45) is 0. The summed E-state index contributed by atoms with van der Waals surface area (Å²) in [6, 6.07) is 0. The van der Waals surface area contributed by atoms with Gasteiger partial charge in [-0.1, -0.05) is 0 Å². The van der Waals surface area contributed by atoms with Crippen LogP contribution in [0.3, 0.4) is 0 Å². The topological polar surface area (TPSA) is 111 Å². The van der Waals surface area contributed by atoms with Crippen molar-refractivity contribution in [3.63, 3.8) is 0 Å². The van der Waals surface area contributed by atoms with Gasteiger partial charge in [-0.25, -0.2) is 0 Å². The molecular formula is C20H44O12Si. The van der Waals surface area contributed by atoms with E-state index in [0.29, 0.717) is 79.3 Å². The summed E-state index contributed by atoms with van der Waals surface area (Å²) in [4.78, 5) is 0. The largest absolute Gasteiger partial charge is 0.680 e. The molecule has 0 rings (SSSR count). The first-order chi connectivity index (χ1) is 16.2. The minimum absolute atomic E-state index is 0.232. The van der Waals surface area contributed by atoms with Crippen molar-refractivity contribution in [1.29, 1.82) is 0 Å². The Morgan fingerprint density at radius 1 is 0.303 bits per heavy atom. The lowest BCUT2D eigenvalue weighted by Crippen LogP contribution is -2.51. The Kier molecular flexibility index (Phi) is 26.1. The highest BCUT2D eigenvalue weighted by Gasteiger charge is 2.46. The normalized spacial score (nSPS) is 12.0. The molecule has 0 heterocycles. The number of hydrogen-bond donors (Lipinski definition) is 0. The van der Waals surface area contributed by atoms with Gasteiger partial charge in [0.25, 0.3) is 0 Å². The molecule has 0 atom stereocenters. The van der Waals surface area contributed by atoms with Gasteiger partial charge in [0.05, 0.1) is 106 Å². The van der Waals surface area contributed by atoms with E-state index in [-0.39, 0.29) is 26.4 Å². The number of ether oxygens (including phenoxy) is 8. The van der Waals surface area contributed by atoms with Gasteiger partial charge in [0.15, 0.2) is 0 Å². The molecule has 12 nitrogen and oxygen atoms in total.